The van der Waals surface area contributed by atoms with Gasteiger partial charge < -0.3 is 24.3 Å². The molecule has 0 atom stereocenters. The van der Waals surface area contributed by atoms with E-state index in [2.05, 4.69) is 0 Å². The van der Waals surface area contributed by atoms with E-state index in [0.717, 1.165) is 0 Å². The molecular formula is C16H14ClN2O5-. The topological polar surface area (TPSA) is 103 Å². The third-order valence-electron chi connectivity index (χ3n) is 3.26. The highest BCUT2D eigenvalue weighted by Crippen LogP contribution is 2.26. The second-order valence-corrected chi connectivity index (χ2v) is 5.33. The molecule has 8 heteroatoms. The molecule has 0 spiro atoms. The Bertz CT molecular complexity index is 705. The van der Waals surface area contributed by atoms with Crippen molar-refractivity contribution in [1.82, 2.24) is 4.90 Å². The van der Waals surface area contributed by atoms with Crippen molar-refractivity contribution in [3.8, 4) is 11.8 Å². The Morgan fingerprint density at radius 1 is 1.42 bits per heavy atom. The molecule has 126 valence electrons. The maximum atomic E-state index is 12.3. The van der Waals surface area contributed by atoms with Gasteiger partial charge in [0.15, 0.2) is 0 Å². The van der Waals surface area contributed by atoms with E-state index in [0.29, 0.717) is 31.9 Å². The van der Waals surface area contributed by atoms with E-state index in [1.165, 1.54) is 18.2 Å². The molecule has 1 aliphatic heterocycles. The number of carbonyl (C=O) groups excluding carboxylic acids is 2. The van der Waals surface area contributed by atoms with Crippen LogP contribution in [0, 0.1) is 11.3 Å². The lowest BCUT2D eigenvalue weighted by Crippen LogP contribution is -2.41. The third-order valence-corrected chi connectivity index (χ3v) is 3.56. The summed E-state index contributed by atoms with van der Waals surface area (Å²) in [6, 6.07) is 6.41. The molecule has 0 radical (unpaired) electrons. The van der Waals surface area contributed by atoms with Gasteiger partial charge in [0, 0.05) is 13.1 Å². The predicted octanol–water partition coefficient (Wildman–Crippen LogP) is 0.234. The molecule has 1 aliphatic rings. The lowest BCUT2D eigenvalue weighted by molar-refractivity contribution is -0.307. The SMILES string of the molecule is N#C/C(=C/c1ccc(OCC(=O)[O-])c(Cl)c1)C(=O)N1CCOCC1. The van der Waals surface area contributed by atoms with Crippen molar-refractivity contribution in [2.24, 2.45) is 0 Å². The minimum atomic E-state index is -1.36. The Morgan fingerprint density at radius 3 is 2.71 bits per heavy atom. The number of nitrogens with zero attached hydrogens (tertiary/aromatic N) is 2. The number of halogens is 1. The van der Waals surface area contributed by atoms with Crippen LogP contribution in [0.15, 0.2) is 23.8 Å². The molecule has 1 aromatic rings. The average molecular weight is 350 g/mol. The van der Waals surface area contributed by atoms with Gasteiger partial charge in [0.2, 0.25) is 0 Å². The fourth-order valence-corrected chi connectivity index (χ4v) is 2.35. The Balaban J connectivity index is 2.15. The van der Waals surface area contributed by atoms with Gasteiger partial charge in [-0.05, 0) is 23.8 Å². The van der Waals surface area contributed by atoms with Crippen LogP contribution in [0.1, 0.15) is 5.56 Å². The van der Waals surface area contributed by atoms with Crippen LogP contribution in [0.25, 0.3) is 6.08 Å². The van der Waals surface area contributed by atoms with Crippen LogP contribution in [-0.2, 0) is 14.3 Å². The summed E-state index contributed by atoms with van der Waals surface area (Å²) in [5.74, 6) is -1.55. The minimum Gasteiger partial charge on any atom is -0.546 e. The zero-order chi connectivity index (χ0) is 17.5. The van der Waals surface area contributed by atoms with Crippen LogP contribution in [0.5, 0.6) is 5.75 Å². The fourth-order valence-electron chi connectivity index (χ4n) is 2.11. The summed E-state index contributed by atoms with van der Waals surface area (Å²) in [5.41, 5.74) is 0.510. The van der Waals surface area contributed by atoms with Crippen molar-refractivity contribution < 1.29 is 24.2 Å². The third kappa shape index (κ3) is 4.72. The number of nitriles is 1. The summed E-state index contributed by atoms with van der Waals surface area (Å²) >= 11 is 6.01. The number of carboxylic acid groups (broad SMARTS) is 1. The summed E-state index contributed by atoms with van der Waals surface area (Å²) in [4.78, 5) is 24.3. The smallest absolute Gasteiger partial charge is 0.264 e. The van der Waals surface area contributed by atoms with Gasteiger partial charge in [-0.15, -0.1) is 0 Å². The molecule has 0 saturated carbocycles. The molecule has 0 unspecified atom stereocenters. The minimum absolute atomic E-state index is 0.0172. The van der Waals surface area contributed by atoms with E-state index in [9.17, 15) is 20.0 Å². The molecule has 1 fully saturated rings. The standard InChI is InChI=1S/C16H15ClN2O5/c17-13-8-11(1-2-14(13)24-10-15(20)21)7-12(9-18)16(22)19-3-5-23-6-4-19/h1-2,7-8H,3-6,10H2,(H,20,21)/p-1/b12-7-. The highest BCUT2D eigenvalue weighted by atomic mass is 35.5. The first-order valence-corrected chi connectivity index (χ1v) is 7.50. The van der Waals surface area contributed by atoms with Crippen molar-refractivity contribution in [1.29, 1.82) is 5.26 Å². The Hall–Kier alpha value is -2.56. The van der Waals surface area contributed by atoms with Crippen LogP contribution in [-0.4, -0.2) is 49.7 Å². The zero-order valence-electron chi connectivity index (χ0n) is 12.7. The molecule has 7 nitrogen and oxygen atoms in total. The molecule has 1 saturated heterocycles. The van der Waals surface area contributed by atoms with Crippen molar-refractivity contribution >= 4 is 29.6 Å². The van der Waals surface area contributed by atoms with Gasteiger partial charge in [0.05, 0.1) is 24.2 Å². The second-order valence-electron chi connectivity index (χ2n) is 4.92. The molecule has 0 aliphatic carbocycles. The molecule has 0 aromatic heterocycles. The Morgan fingerprint density at radius 2 is 2.12 bits per heavy atom. The van der Waals surface area contributed by atoms with Gasteiger partial charge in [-0.3, -0.25) is 4.79 Å². The lowest BCUT2D eigenvalue weighted by Gasteiger charge is -2.26. The number of morpholine rings is 1. The van der Waals surface area contributed by atoms with Crippen molar-refractivity contribution in [2.75, 3.05) is 32.9 Å². The fraction of sp³-hybridized carbons (Fsp3) is 0.312. The van der Waals surface area contributed by atoms with Gasteiger partial charge in [-0.2, -0.15) is 5.26 Å². The van der Waals surface area contributed by atoms with Gasteiger partial charge in [-0.25, -0.2) is 0 Å². The first kappa shape index (κ1) is 17.8. The zero-order valence-corrected chi connectivity index (χ0v) is 13.4. The quantitative estimate of drug-likeness (QED) is 0.557. The van der Waals surface area contributed by atoms with E-state index in [4.69, 9.17) is 21.1 Å². The molecule has 24 heavy (non-hydrogen) atoms. The van der Waals surface area contributed by atoms with Gasteiger partial charge in [-0.1, -0.05) is 17.7 Å². The normalized spacial score (nSPS) is 14.8. The van der Waals surface area contributed by atoms with Gasteiger partial charge >= 0.3 is 0 Å². The molecule has 1 heterocycles. The summed E-state index contributed by atoms with van der Waals surface area (Å²) < 4.78 is 10.1. The monoisotopic (exact) mass is 349 g/mol. The Kier molecular flexibility index (Phi) is 6.18. The van der Waals surface area contributed by atoms with E-state index < -0.39 is 12.6 Å². The number of benzene rings is 1. The molecule has 2 rings (SSSR count). The largest absolute Gasteiger partial charge is 0.546 e. The number of aliphatic carboxylic acids is 1. The first-order chi connectivity index (χ1) is 11.5. The van der Waals surface area contributed by atoms with Crippen LogP contribution < -0.4 is 9.84 Å². The highest BCUT2D eigenvalue weighted by Gasteiger charge is 2.20. The van der Waals surface area contributed by atoms with Crippen LogP contribution in [0.3, 0.4) is 0 Å². The van der Waals surface area contributed by atoms with Gasteiger partial charge in [0.1, 0.15) is 24.0 Å². The maximum Gasteiger partial charge on any atom is 0.264 e. The van der Waals surface area contributed by atoms with Crippen LogP contribution >= 0.6 is 11.6 Å². The molecular weight excluding hydrogens is 336 g/mol. The summed E-state index contributed by atoms with van der Waals surface area (Å²) in [6.07, 6.45) is 1.42. The lowest BCUT2D eigenvalue weighted by atomic mass is 10.1. The van der Waals surface area contributed by atoms with E-state index in [1.807, 2.05) is 6.07 Å². The van der Waals surface area contributed by atoms with E-state index in [1.54, 1.807) is 11.0 Å². The highest BCUT2D eigenvalue weighted by molar-refractivity contribution is 6.32. The molecule has 0 N–H and O–H groups in total. The Labute approximate surface area is 143 Å². The number of ether oxygens (including phenoxy) is 2. The number of amides is 1. The predicted molar refractivity (Wildman–Crippen MR) is 82.9 cm³/mol. The van der Waals surface area contributed by atoms with E-state index in [-0.39, 0.29) is 22.3 Å². The van der Waals surface area contributed by atoms with Crippen LogP contribution in [0.2, 0.25) is 5.02 Å². The number of carboxylic acids is 1. The number of rotatable bonds is 5. The van der Waals surface area contributed by atoms with E-state index >= 15 is 0 Å². The van der Waals surface area contributed by atoms with Crippen LogP contribution in [0.4, 0.5) is 0 Å². The van der Waals surface area contributed by atoms with Crippen molar-refractivity contribution in [2.45, 2.75) is 0 Å². The van der Waals surface area contributed by atoms with Crippen molar-refractivity contribution in [3.63, 3.8) is 0 Å². The number of hydrogen-bond acceptors (Lipinski definition) is 6. The summed E-state index contributed by atoms with van der Waals surface area (Å²) in [7, 11) is 0. The second kappa shape index (κ2) is 8.34. The van der Waals surface area contributed by atoms with Crippen molar-refractivity contribution in [3.05, 3.63) is 34.4 Å². The van der Waals surface area contributed by atoms with Gasteiger partial charge in [0.25, 0.3) is 5.91 Å². The maximum absolute atomic E-state index is 12.3. The first-order valence-electron chi connectivity index (χ1n) is 7.12. The molecule has 1 aromatic carbocycles. The number of hydrogen-bond donors (Lipinski definition) is 0. The summed E-state index contributed by atoms with van der Waals surface area (Å²) in [6.45, 7) is 1.15. The molecule has 0 bridgehead atoms. The average Bonchev–Trinajstić information content (AvgIpc) is 2.59. The number of carbonyl (C=O) groups is 2. The summed E-state index contributed by atoms with van der Waals surface area (Å²) in [5, 5.41) is 19.8. The molecule has 1 amide bonds.